The summed E-state index contributed by atoms with van der Waals surface area (Å²) >= 11 is 0. The molecule has 2 N–H and O–H groups in total. The lowest BCUT2D eigenvalue weighted by atomic mass is 10.1. The van der Waals surface area contributed by atoms with E-state index < -0.39 is 0 Å². The maximum absolute atomic E-state index is 4.48. The Balaban J connectivity index is 1.77. The average molecular weight is 254 g/mol. The van der Waals surface area contributed by atoms with Gasteiger partial charge in [-0.05, 0) is 30.9 Å². The highest BCUT2D eigenvalue weighted by Gasteiger charge is 2.21. The molecule has 4 nitrogen and oxygen atoms in total. The smallest absolute Gasteiger partial charge is 0.224 e. The van der Waals surface area contributed by atoms with E-state index in [9.17, 15) is 0 Å². The molecule has 1 heterocycles. The normalized spacial score (nSPS) is 14.2. The van der Waals surface area contributed by atoms with Gasteiger partial charge in [-0.1, -0.05) is 24.3 Å². The Morgan fingerprint density at radius 2 is 1.84 bits per heavy atom. The van der Waals surface area contributed by atoms with Crippen LogP contribution in [0.3, 0.4) is 0 Å². The molecule has 0 radical (unpaired) electrons. The van der Waals surface area contributed by atoms with Gasteiger partial charge < -0.3 is 10.6 Å². The molecule has 1 aliphatic rings. The third-order valence-corrected chi connectivity index (χ3v) is 3.59. The van der Waals surface area contributed by atoms with E-state index in [1.165, 1.54) is 11.1 Å². The molecule has 3 rings (SSSR count). The van der Waals surface area contributed by atoms with Crippen molar-refractivity contribution in [3.63, 3.8) is 0 Å². The monoisotopic (exact) mass is 254 g/mol. The molecule has 2 aromatic rings. The molecule has 0 fully saturated rings. The summed E-state index contributed by atoms with van der Waals surface area (Å²) in [6.07, 6.45) is 3.98. The van der Waals surface area contributed by atoms with Crippen LogP contribution in [-0.4, -0.2) is 23.1 Å². The van der Waals surface area contributed by atoms with E-state index in [1.807, 2.05) is 20.2 Å². The van der Waals surface area contributed by atoms with Crippen molar-refractivity contribution in [2.45, 2.75) is 25.8 Å². The van der Waals surface area contributed by atoms with Crippen LogP contribution in [0, 0.1) is 6.92 Å². The van der Waals surface area contributed by atoms with Crippen molar-refractivity contribution >= 4 is 11.8 Å². The molecule has 4 heteroatoms. The molecule has 0 saturated heterocycles. The van der Waals surface area contributed by atoms with Gasteiger partial charge in [0.15, 0.2) is 0 Å². The van der Waals surface area contributed by atoms with Gasteiger partial charge in [-0.2, -0.15) is 4.98 Å². The fraction of sp³-hybridized carbons (Fsp3) is 0.333. The highest BCUT2D eigenvalue weighted by atomic mass is 15.1. The number of benzene rings is 1. The Morgan fingerprint density at radius 3 is 2.47 bits per heavy atom. The second-order valence-corrected chi connectivity index (χ2v) is 4.99. The van der Waals surface area contributed by atoms with Gasteiger partial charge in [-0.3, -0.25) is 0 Å². The summed E-state index contributed by atoms with van der Waals surface area (Å²) in [5.41, 5.74) is 3.97. The molecular formula is C15H18N4. The Hall–Kier alpha value is -2.10. The van der Waals surface area contributed by atoms with Crippen LogP contribution in [0.5, 0.6) is 0 Å². The summed E-state index contributed by atoms with van der Waals surface area (Å²) < 4.78 is 0. The van der Waals surface area contributed by atoms with E-state index in [0.29, 0.717) is 12.0 Å². The van der Waals surface area contributed by atoms with Crippen molar-refractivity contribution in [3.8, 4) is 0 Å². The standard InChI is InChI=1S/C15H18N4/c1-10-9-17-15(16-2)19-14(10)18-13-7-11-5-3-4-6-12(11)8-13/h3-6,9,13H,7-8H2,1-2H3,(H2,16,17,18,19). The van der Waals surface area contributed by atoms with Gasteiger partial charge in [0.25, 0.3) is 0 Å². The first-order valence-corrected chi connectivity index (χ1v) is 6.61. The highest BCUT2D eigenvalue weighted by Crippen LogP contribution is 2.25. The summed E-state index contributed by atoms with van der Waals surface area (Å²) in [6.45, 7) is 2.03. The van der Waals surface area contributed by atoms with Gasteiger partial charge in [0.1, 0.15) is 5.82 Å². The fourth-order valence-electron chi connectivity index (χ4n) is 2.56. The van der Waals surface area contributed by atoms with Crippen LogP contribution < -0.4 is 10.6 Å². The topological polar surface area (TPSA) is 49.8 Å². The minimum absolute atomic E-state index is 0.427. The van der Waals surface area contributed by atoms with Gasteiger partial charge in [-0.25, -0.2) is 4.98 Å². The second kappa shape index (κ2) is 4.88. The summed E-state index contributed by atoms with van der Waals surface area (Å²) in [5, 5.41) is 6.51. The lowest BCUT2D eigenvalue weighted by Crippen LogP contribution is -2.21. The number of aryl methyl sites for hydroxylation is 1. The van der Waals surface area contributed by atoms with Crippen LogP contribution in [0.4, 0.5) is 11.8 Å². The molecule has 1 aliphatic carbocycles. The number of rotatable bonds is 3. The Kier molecular flexibility index (Phi) is 3.07. The molecule has 0 aliphatic heterocycles. The maximum Gasteiger partial charge on any atom is 0.224 e. The number of nitrogens with zero attached hydrogens (tertiary/aromatic N) is 2. The molecule has 1 aromatic heterocycles. The zero-order valence-electron chi connectivity index (χ0n) is 11.3. The van der Waals surface area contributed by atoms with E-state index in [2.05, 4.69) is 44.9 Å². The van der Waals surface area contributed by atoms with Crippen molar-refractivity contribution in [1.29, 1.82) is 0 Å². The molecule has 0 spiro atoms. The molecule has 1 aromatic carbocycles. The van der Waals surface area contributed by atoms with Crippen molar-refractivity contribution in [2.75, 3.05) is 17.7 Å². The minimum atomic E-state index is 0.427. The molecular weight excluding hydrogens is 236 g/mol. The first-order valence-electron chi connectivity index (χ1n) is 6.61. The predicted molar refractivity (Wildman–Crippen MR) is 77.6 cm³/mol. The average Bonchev–Trinajstić information content (AvgIpc) is 2.83. The van der Waals surface area contributed by atoms with Crippen molar-refractivity contribution in [1.82, 2.24) is 9.97 Å². The van der Waals surface area contributed by atoms with Gasteiger partial charge >= 0.3 is 0 Å². The second-order valence-electron chi connectivity index (χ2n) is 4.99. The molecule has 98 valence electrons. The summed E-state index contributed by atoms with van der Waals surface area (Å²) in [7, 11) is 1.83. The van der Waals surface area contributed by atoms with Crippen LogP contribution in [0.25, 0.3) is 0 Å². The highest BCUT2D eigenvalue weighted by molar-refractivity contribution is 5.48. The van der Waals surface area contributed by atoms with E-state index in [0.717, 1.165) is 24.2 Å². The Bertz CT molecular complexity index is 569. The fourth-order valence-corrected chi connectivity index (χ4v) is 2.56. The lowest BCUT2D eigenvalue weighted by molar-refractivity contribution is 0.766. The van der Waals surface area contributed by atoms with Gasteiger partial charge in [0, 0.05) is 24.8 Å². The van der Waals surface area contributed by atoms with Crippen LogP contribution in [0.15, 0.2) is 30.5 Å². The van der Waals surface area contributed by atoms with Crippen molar-refractivity contribution in [2.24, 2.45) is 0 Å². The van der Waals surface area contributed by atoms with Crippen LogP contribution >= 0.6 is 0 Å². The molecule has 0 unspecified atom stereocenters. The summed E-state index contributed by atoms with van der Waals surface area (Å²) in [6, 6.07) is 9.06. The molecule has 0 saturated carbocycles. The van der Waals surface area contributed by atoms with E-state index in [1.54, 1.807) is 0 Å². The zero-order chi connectivity index (χ0) is 13.2. The number of nitrogens with one attached hydrogen (secondary N) is 2. The zero-order valence-corrected chi connectivity index (χ0v) is 11.3. The number of aromatic nitrogens is 2. The molecule has 0 amide bonds. The predicted octanol–water partition coefficient (Wildman–Crippen LogP) is 2.41. The summed E-state index contributed by atoms with van der Waals surface area (Å²) in [4.78, 5) is 8.69. The number of anilines is 2. The van der Waals surface area contributed by atoms with Gasteiger partial charge in [-0.15, -0.1) is 0 Å². The maximum atomic E-state index is 4.48. The quantitative estimate of drug-likeness (QED) is 0.883. The third-order valence-electron chi connectivity index (χ3n) is 3.59. The Morgan fingerprint density at radius 1 is 1.16 bits per heavy atom. The lowest BCUT2D eigenvalue weighted by Gasteiger charge is -2.15. The number of fused-ring (bicyclic) bond motifs is 1. The SMILES string of the molecule is CNc1ncc(C)c(NC2Cc3ccccc3C2)n1. The number of hydrogen-bond donors (Lipinski definition) is 2. The number of hydrogen-bond acceptors (Lipinski definition) is 4. The van der Waals surface area contributed by atoms with Crippen molar-refractivity contribution in [3.05, 3.63) is 47.2 Å². The first kappa shape index (κ1) is 12.0. The van der Waals surface area contributed by atoms with E-state index in [-0.39, 0.29) is 0 Å². The minimum Gasteiger partial charge on any atom is -0.366 e. The third kappa shape index (κ3) is 2.38. The molecule has 0 bridgehead atoms. The largest absolute Gasteiger partial charge is 0.366 e. The van der Waals surface area contributed by atoms with Crippen LogP contribution in [-0.2, 0) is 12.8 Å². The van der Waals surface area contributed by atoms with Crippen molar-refractivity contribution < 1.29 is 0 Å². The van der Waals surface area contributed by atoms with Gasteiger partial charge in [0.2, 0.25) is 5.95 Å². The van der Waals surface area contributed by atoms with Gasteiger partial charge in [0.05, 0.1) is 0 Å². The van der Waals surface area contributed by atoms with E-state index in [4.69, 9.17) is 0 Å². The molecule has 0 atom stereocenters. The molecule has 19 heavy (non-hydrogen) atoms. The summed E-state index contributed by atoms with van der Waals surface area (Å²) in [5.74, 6) is 1.58. The van der Waals surface area contributed by atoms with E-state index >= 15 is 0 Å². The first-order chi connectivity index (χ1) is 9.26. The van der Waals surface area contributed by atoms with Crippen LogP contribution in [0.2, 0.25) is 0 Å². The van der Waals surface area contributed by atoms with Crippen LogP contribution in [0.1, 0.15) is 16.7 Å². The Labute approximate surface area is 113 Å².